The second-order valence-corrected chi connectivity index (χ2v) is 21.7. The van der Waals surface area contributed by atoms with E-state index in [2.05, 4.69) is 19.2 Å². The molecule has 0 amide bonds. The summed E-state index contributed by atoms with van der Waals surface area (Å²) in [5.41, 5.74) is 3.17. The van der Waals surface area contributed by atoms with Gasteiger partial charge in [0.1, 0.15) is 38.8 Å². The second kappa shape index (κ2) is 29.6. The number of rotatable bonds is 28. The van der Waals surface area contributed by atoms with E-state index >= 15 is 0 Å². The number of aryl methyl sites for hydroxylation is 2. The molecule has 8 rings (SSSR count). The Bertz CT molecular complexity index is 3140. The first-order valence-electron chi connectivity index (χ1n) is 28.2. The van der Waals surface area contributed by atoms with E-state index in [0.717, 1.165) is 80.4 Å². The highest BCUT2D eigenvalue weighted by molar-refractivity contribution is 7.22. The van der Waals surface area contributed by atoms with Gasteiger partial charge in [-0.15, -0.1) is 11.3 Å². The highest BCUT2D eigenvalue weighted by atomic mass is 32.1. The molecular formula is C64H71NO15S. The van der Waals surface area contributed by atoms with Crippen molar-refractivity contribution in [2.75, 3.05) is 26.4 Å². The molecule has 2 aromatic heterocycles. The number of ether oxygens (including phenoxy) is 8. The number of furan rings is 1. The fourth-order valence-corrected chi connectivity index (χ4v) is 11.1. The van der Waals surface area contributed by atoms with Gasteiger partial charge in [-0.05, 0) is 181 Å². The molecule has 0 radical (unpaired) electrons. The number of carbonyl (C=O) groups excluding carboxylic acids is 6. The maximum absolute atomic E-state index is 13.9. The van der Waals surface area contributed by atoms with E-state index in [4.69, 9.17) is 47.3 Å². The van der Waals surface area contributed by atoms with Crippen molar-refractivity contribution in [2.45, 2.75) is 123 Å². The van der Waals surface area contributed by atoms with E-state index in [1.54, 1.807) is 60.7 Å². The molecule has 6 aromatic rings. The largest absolute Gasteiger partial charge is 0.494 e. The first-order valence-corrected chi connectivity index (χ1v) is 29.0. The number of esters is 6. The third kappa shape index (κ3) is 17.1. The van der Waals surface area contributed by atoms with E-state index in [0.29, 0.717) is 127 Å². The average Bonchev–Trinajstić information content (AvgIpc) is 4.22. The Morgan fingerprint density at radius 3 is 1.41 bits per heavy atom. The lowest BCUT2D eigenvalue weighted by molar-refractivity contribution is -0.145. The molecule has 2 aliphatic rings. The summed E-state index contributed by atoms with van der Waals surface area (Å²) in [5, 5.41) is 1.46. The van der Waals surface area contributed by atoms with Crippen molar-refractivity contribution in [3.8, 4) is 45.3 Å². The third-order valence-electron chi connectivity index (χ3n) is 14.6. The summed E-state index contributed by atoms with van der Waals surface area (Å²) in [4.78, 5) is 81.5. The standard InChI is InChI=1S/C64H71NO15S/c1-5-56(66)74-36-13-10-8-7-9-12-34-72-47-24-28-49(29-25-47)76-61(68)43-16-20-45(21-17-43)63(70)79-52-32-33-53(59-58(52)65-60(81-59)55-40-51-42(4)38-41(3)39-54(51)78-55)80-64(71)46-22-18-44(19-23-46)62(69)77-50-30-26-48(27-31-50)73-35-14-11-15-37-75-57(67)6-2/h5-6,24-33,38-40,43-46H,1-2,7-23,34-37H2,3-4H3. The predicted octanol–water partition coefficient (Wildman–Crippen LogP) is 13.7. The summed E-state index contributed by atoms with van der Waals surface area (Å²) in [5.74, 6) is -0.925. The topological polar surface area (TPSA) is 202 Å². The second-order valence-electron chi connectivity index (χ2n) is 20.7. The highest BCUT2D eigenvalue weighted by Crippen LogP contribution is 2.44. The lowest BCUT2D eigenvalue weighted by Crippen LogP contribution is -2.30. The molecular weight excluding hydrogens is 1050 g/mol. The maximum Gasteiger partial charge on any atom is 0.330 e. The SMILES string of the molecule is C=CC(=O)OCCCCCCCCOc1ccc(OC(=O)C2CCC(C(=O)Oc3ccc(OC(=O)C4CCC(C(=O)Oc5ccc(OCCCCCOC(=O)C=C)cc5)CC4)c4sc(-c5cc6c(C)cc(C)cc6o5)nc34)CC2)cc1. The van der Waals surface area contributed by atoms with E-state index in [1.165, 1.54) is 17.4 Å². The molecule has 81 heavy (non-hydrogen) atoms. The summed E-state index contributed by atoms with van der Waals surface area (Å²) in [6, 6.07) is 23.1. The van der Waals surface area contributed by atoms with Crippen molar-refractivity contribution < 1.29 is 71.1 Å². The zero-order valence-corrected chi connectivity index (χ0v) is 47.0. The summed E-state index contributed by atoms with van der Waals surface area (Å²) >= 11 is 1.27. The minimum atomic E-state index is -0.463. The number of thiazole rings is 1. The number of unbranched alkanes of at least 4 members (excludes halogenated alkanes) is 7. The first kappa shape index (κ1) is 59.3. The molecule has 0 N–H and O–H groups in total. The van der Waals surface area contributed by atoms with Gasteiger partial charge in [-0.3, -0.25) is 19.2 Å². The van der Waals surface area contributed by atoms with Crippen LogP contribution in [0, 0.1) is 37.5 Å². The molecule has 0 unspecified atom stereocenters. The lowest BCUT2D eigenvalue weighted by Gasteiger charge is -2.26. The molecule has 2 heterocycles. The number of benzene rings is 4. The van der Waals surface area contributed by atoms with Crippen molar-refractivity contribution in [2.24, 2.45) is 23.7 Å². The number of nitrogens with zero attached hydrogens (tertiary/aromatic N) is 1. The summed E-state index contributed by atoms with van der Waals surface area (Å²) in [7, 11) is 0. The molecule has 0 spiro atoms. The van der Waals surface area contributed by atoms with E-state index in [1.807, 2.05) is 26.0 Å². The van der Waals surface area contributed by atoms with Gasteiger partial charge in [-0.25, -0.2) is 14.6 Å². The number of aromatic nitrogens is 1. The van der Waals surface area contributed by atoms with Crippen LogP contribution in [0.5, 0.6) is 34.5 Å². The van der Waals surface area contributed by atoms with Gasteiger partial charge in [-0.2, -0.15) is 0 Å². The van der Waals surface area contributed by atoms with Crippen molar-refractivity contribution >= 4 is 68.3 Å². The summed E-state index contributed by atoms with van der Waals surface area (Å²) in [6.07, 6.45) is 14.1. The average molecular weight is 1130 g/mol. The predicted molar refractivity (Wildman–Crippen MR) is 305 cm³/mol. The minimum absolute atomic E-state index is 0.213. The Hall–Kier alpha value is -7.79. The molecule has 0 aliphatic heterocycles. The number of hydrogen-bond acceptors (Lipinski definition) is 17. The Labute approximate surface area is 476 Å². The summed E-state index contributed by atoms with van der Waals surface area (Å²) in [6.45, 7) is 12.6. The van der Waals surface area contributed by atoms with Gasteiger partial charge >= 0.3 is 35.8 Å². The van der Waals surface area contributed by atoms with Gasteiger partial charge in [0.25, 0.3) is 0 Å². The van der Waals surface area contributed by atoms with Gasteiger partial charge < -0.3 is 42.3 Å². The zero-order chi connectivity index (χ0) is 57.1. The molecule has 2 aliphatic carbocycles. The Kier molecular flexibility index (Phi) is 21.7. The lowest BCUT2D eigenvalue weighted by atomic mass is 9.82. The smallest absolute Gasteiger partial charge is 0.330 e. The number of carbonyl (C=O) groups is 6. The van der Waals surface area contributed by atoms with Crippen molar-refractivity contribution in [1.29, 1.82) is 0 Å². The van der Waals surface area contributed by atoms with Crippen molar-refractivity contribution in [3.63, 3.8) is 0 Å². The highest BCUT2D eigenvalue weighted by Gasteiger charge is 2.35. The van der Waals surface area contributed by atoms with Gasteiger partial charge in [0.05, 0.1) is 50.1 Å². The summed E-state index contributed by atoms with van der Waals surface area (Å²) < 4.78 is 52.2. The Morgan fingerprint density at radius 2 is 0.926 bits per heavy atom. The molecule has 17 heteroatoms. The van der Waals surface area contributed by atoms with Crippen LogP contribution >= 0.6 is 11.3 Å². The minimum Gasteiger partial charge on any atom is -0.494 e. The van der Waals surface area contributed by atoms with Gasteiger partial charge in [0, 0.05) is 17.5 Å². The normalized spacial score (nSPS) is 16.9. The molecule has 4 aromatic carbocycles. The maximum atomic E-state index is 13.9. The molecule has 428 valence electrons. The number of hydrogen-bond donors (Lipinski definition) is 0. The fraction of sp³-hybridized carbons (Fsp3) is 0.422. The monoisotopic (exact) mass is 1130 g/mol. The van der Waals surface area contributed by atoms with Crippen LogP contribution in [0.2, 0.25) is 0 Å². The van der Waals surface area contributed by atoms with Crippen LogP contribution in [0.25, 0.3) is 32.0 Å². The number of fused-ring (bicyclic) bond motifs is 2. The van der Waals surface area contributed by atoms with Crippen LogP contribution in [0.4, 0.5) is 0 Å². The van der Waals surface area contributed by atoms with E-state index in [9.17, 15) is 28.8 Å². The molecule has 2 fully saturated rings. The van der Waals surface area contributed by atoms with Gasteiger partial charge in [0.2, 0.25) is 0 Å². The zero-order valence-electron chi connectivity index (χ0n) is 46.2. The Balaban J connectivity index is 0.813. The van der Waals surface area contributed by atoms with Crippen LogP contribution in [0.1, 0.15) is 120 Å². The van der Waals surface area contributed by atoms with Crippen LogP contribution in [-0.2, 0) is 38.2 Å². The molecule has 0 saturated heterocycles. The fourth-order valence-electron chi connectivity index (χ4n) is 10.1. The molecule has 0 atom stereocenters. The van der Waals surface area contributed by atoms with Gasteiger partial charge in [-0.1, -0.05) is 44.9 Å². The Morgan fingerprint density at radius 1 is 0.519 bits per heavy atom. The molecule has 0 bridgehead atoms. The van der Waals surface area contributed by atoms with Crippen LogP contribution in [0.15, 0.2) is 109 Å². The van der Waals surface area contributed by atoms with Gasteiger partial charge in [0.15, 0.2) is 22.3 Å². The van der Waals surface area contributed by atoms with Crippen LogP contribution in [-0.4, -0.2) is 67.2 Å². The quantitative estimate of drug-likeness (QED) is 0.0194. The molecule has 2 saturated carbocycles. The van der Waals surface area contributed by atoms with E-state index in [-0.39, 0.29) is 41.2 Å². The van der Waals surface area contributed by atoms with Crippen LogP contribution in [0.3, 0.4) is 0 Å². The van der Waals surface area contributed by atoms with E-state index < -0.39 is 29.7 Å². The first-order chi connectivity index (χ1) is 39.3. The van der Waals surface area contributed by atoms with Crippen molar-refractivity contribution in [1.82, 2.24) is 4.98 Å². The third-order valence-corrected chi connectivity index (χ3v) is 15.7. The van der Waals surface area contributed by atoms with Crippen molar-refractivity contribution in [3.05, 3.63) is 115 Å². The van der Waals surface area contributed by atoms with Crippen LogP contribution < -0.4 is 28.4 Å². The molecule has 16 nitrogen and oxygen atoms in total.